The van der Waals surface area contributed by atoms with Gasteiger partial charge < -0.3 is 24.8 Å². The van der Waals surface area contributed by atoms with E-state index >= 15 is 0 Å². The third kappa shape index (κ3) is 4.17. The summed E-state index contributed by atoms with van der Waals surface area (Å²) in [4.78, 5) is 0. The molecule has 2 unspecified atom stereocenters. The van der Waals surface area contributed by atoms with Crippen LogP contribution in [0, 0.1) is 19.8 Å². The largest absolute Gasteiger partial charge is 2.00 e. The second-order valence-electron chi connectivity index (χ2n) is 6.70. The van der Waals surface area contributed by atoms with E-state index in [4.69, 9.17) is 0 Å². The van der Waals surface area contributed by atoms with Crippen molar-refractivity contribution >= 4 is 6.08 Å². The van der Waals surface area contributed by atoms with E-state index in [0.717, 1.165) is 0 Å². The summed E-state index contributed by atoms with van der Waals surface area (Å²) in [7, 11) is 0. The van der Waals surface area contributed by atoms with Crippen LogP contribution in [0.15, 0.2) is 72.8 Å². The third-order valence-corrected chi connectivity index (χ3v) is 5.29. The molecule has 3 heteroatoms. The number of fused-ring (bicyclic) bond motifs is 1. The molecule has 0 bridgehead atoms. The van der Waals surface area contributed by atoms with Crippen molar-refractivity contribution in [3.63, 3.8) is 0 Å². The predicted molar refractivity (Wildman–Crippen MR) is 98.6 cm³/mol. The van der Waals surface area contributed by atoms with Crippen molar-refractivity contribution in [2.75, 3.05) is 0 Å². The van der Waals surface area contributed by atoms with Gasteiger partial charge in [0.25, 0.3) is 0 Å². The maximum absolute atomic E-state index is 2.42. The van der Waals surface area contributed by atoms with Gasteiger partial charge in [-0.05, 0) is 41.7 Å². The van der Waals surface area contributed by atoms with Crippen molar-refractivity contribution in [3.8, 4) is 0 Å². The summed E-state index contributed by atoms with van der Waals surface area (Å²) >= 11 is 0. The van der Waals surface area contributed by atoms with Crippen LogP contribution in [0.3, 0.4) is 0 Å². The Morgan fingerprint density at radius 3 is 2.04 bits per heavy atom. The fourth-order valence-corrected chi connectivity index (χ4v) is 4.15. The molecule has 0 fully saturated rings. The zero-order chi connectivity index (χ0) is 15.8. The van der Waals surface area contributed by atoms with E-state index in [1.54, 1.807) is 0 Å². The molecule has 132 valence electrons. The molecule has 0 heterocycles. The van der Waals surface area contributed by atoms with Crippen LogP contribution in [0.2, 0.25) is 0 Å². The second kappa shape index (κ2) is 9.88. The Morgan fingerprint density at radius 1 is 0.769 bits per heavy atom. The normalized spacial score (nSPS) is 17.8. The first kappa shape index (κ1) is 23.2. The Bertz CT molecular complexity index is 810. The first-order chi connectivity index (χ1) is 11.3. The molecule has 0 saturated carbocycles. The molecule has 4 rings (SSSR count). The molecule has 0 aromatic heterocycles. The van der Waals surface area contributed by atoms with Crippen LogP contribution in [0.4, 0.5) is 0 Å². The Morgan fingerprint density at radius 2 is 1.38 bits per heavy atom. The van der Waals surface area contributed by atoms with Crippen LogP contribution >= 0.6 is 0 Å². The van der Waals surface area contributed by atoms with Gasteiger partial charge in [-0.15, -0.1) is 0 Å². The molecular weight excluding hydrogens is 438 g/mol. The molecule has 0 spiro atoms. The van der Waals surface area contributed by atoms with Crippen LogP contribution in [-0.2, 0) is 26.2 Å². The molecular formula is C23H22Cl2Zr. The first-order valence-electron chi connectivity index (χ1n) is 8.44. The van der Waals surface area contributed by atoms with E-state index in [0.29, 0.717) is 17.8 Å². The number of halogens is 2. The van der Waals surface area contributed by atoms with Gasteiger partial charge >= 0.3 is 26.2 Å². The van der Waals surface area contributed by atoms with E-state index in [1.165, 1.54) is 27.8 Å². The van der Waals surface area contributed by atoms with Crippen molar-refractivity contribution < 1.29 is 51.0 Å². The zero-order valence-corrected chi connectivity index (χ0v) is 19.0. The van der Waals surface area contributed by atoms with Gasteiger partial charge in [0.2, 0.25) is 0 Å². The standard InChI is InChI=1S/C23H22.2ClH.Zr/c1-16-12-13-17(2)22-20(16)14-15-21(22)23(19-10-6-7-11-19)18-8-4-3-5-9-18;;;/h3-15,19,21,23H,1-2H3;2*1H;/q;;;+2/p-2. The quantitative estimate of drug-likeness (QED) is 0.603. The van der Waals surface area contributed by atoms with E-state index in [1.807, 2.05) is 0 Å². The van der Waals surface area contributed by atoms with Gasteiger partial charge in [0.15, 0.2) is 0 Å². The number of benzene rings is 2. The van der Waals surface area contributed by atoms with Crippen LogP contribution in [0.25, 0.3) is 6.08 Å². The average molecular weight is 461 g/mol. The SMILES string of the molecule is Cc1ccc(C)c2c1C=CC2C(c1ccccc1)C1C=CC=C1.[Cl-].[Cl-].[Zr+2]. The minimum Gasteiger partial charge on any atom is -1.00 e. The summed E-state index contributed by atoms with van der Waals surface area (Å²) < 4.78 is 0. The molecule has 2 aliphatic carbocycles. The molecule has 0 aliphatic heterocycles. The molecule has 2 atom stereocenters. The topological polar surface area (TPSA) is 0 Å². The van der Waals surface area contributed by atoms with E-state index in [9.17, 15) is 0 Å². The molecule has 0 saturated heterocycles. The monoisotopic (exact) mass is 458 g/mol. The van der Waals surface area contributed by atoms with Gasteiger partial charge in [0.1, 0.15) is 0 Å². The summed E-state index contributed by atoms with van der Waals surface area (Å²) in [6.07, 6.45) is 13.8. The maximum Gasteiger partial charge on any atom is 2.00 e. The summed E-state index contributed by atoms with van der Waals surface area (Å²) in [5, 5.41) is 0. The summed E-state index contributed by atoms with van der Waals surface area (Å²) in [6.45, 7) is 4.47. The number of aryl methyl sites for hydroxylation is 2. The van der Waals surface area contributed by atoms with Crippen LogP contribution in [-0.4, -0.2) is 0 Å². The molecule has 2 aromatic rings. The Labute approximate surface area is 188 Å². The Hall–Kier alpha value is -0.877. The molecule has 0 amide bonds. The summed E-state index contributed by atoms with van der Waals surface area (Å²) in [5.74, 6) is 1.38. The first-order valence-corrected chi connectivity index (χ1v) is 8.44. The van der Waals surface area contributed by atoms with Crippen molar-refractivity contribution in [2.24, 2.45) is 5.92 Å². The molecule has 0 N–H and O–H groups in total. The van der Waals surface area contributed by atoms with Crippen LogP contribution in [0.1, 0.15) is 39.7 Å². The van der Waals surface area contributed by atoms with Crippen LogP contribution < -0.4 is 24.8 Å². The fraction of sp³-hybridized carbons (Fsp3) is 0.217. The molecule has 2 aromatic carbocycles. The Balaban J connectivity index is 0.00000113. The number of hydrogen-bond donors (Lipinski definition) is 0. The van der Waals surface area contributed by atoms with Gasteiger partial charge in [-0.25, -0.2) is 0 Å². The van der Waals surface area contributed by atoms with E-state index < -0.39 is 0 Å². The van der Waals surface area contributed by atoms with Gasteiger partial charge in [-0.2, -0.15) is 0 Å². The fourth-order valence-electron chi connectivity index (χ4n) is 4.15. The zero-order valence-electron chi connectivity index (χ0n) is 15.0. The number of hydrogen-bond acceptors (Lipinski definition) is 0. The molecule has 0 nitrogen and oxygen atoms in total. The van der Waals surface area contributed by atoms with E-state index in [2.05, 4.69) is 92.8 Å². The molecule has 0 radical (unpaired) electrons. The number of allylic oxidation sites excluding steroid dienone is 5. The predicted octanol–water partition coefficient (Wildman–Crippen LogP) is -0.0547. The number of rotatable bonds is 3. The second-order valence-corrected chi connectivity index (χ2v) is 6.70. The van der Waals surface area contributed by atoms with Gasteiger partial charge in [0.05, 0.1) is 0 Å². The smallest absolute Gasteiger partial charge is 1.00 e. The van der Waals surface area contributed by atoms with Crippen molar-refractivity contribution in [2.45, 2.75) is 25.7 Å². The average Bonchev–Trinajstić information content (AvgIpc) is 3.24. The van der Waals surface area contributed by atoms with Gasteiger partial charge in [-0.3, -0.25) is 0 Å². The van der Waals surface area contributed by atoms with Crippen molar-refractivity contribution in [1.29, 1.82) is 0 Å². The maximum atomic E-state index is 2.42. The minimum atomic E-state index is 0. The van der Waals surface area contributed by atoms with Crippen LogP contribution in [0.5, 0.6) is 0 Å². The van der Waals surface area contributed by atoms with Gasteiger partial charge in [0, 0.05) is 17.8 Å². The van der Waals surface area contributed by atoms with E-state index in [-0.39, 0.29) is 51.0 Å². The molecule has 26 heavy (non-hydrogen) atoms. The minimum absolute atomic E-state index is 0. The molecule has 2 aliphatic rings. The summed E-state index contributed by atoms with van der Waals surface area (Å²) in [6, 6.07) is 15.5. The third-order valence-electron chi connectivity index (χ3n) is 5.29. The van der Waals surface area contributed by atoms with Crippen molar-refractivity contribution in [3.05, 3.63) is 101 Å². The summed E-state index contributed by atoms with van der Waals surface area (Å²) in [5.41, 5.74) is 7.17. The Kier molecular flexibility index (Phi) is 8.81. The van der Waals surface area contributed by atoms with Crippen molar-refractivity contribution in [1.82, 2.24) is 0 Å². The van der Waals surface area contributed by atoms with Gasteiger partial charge in [-0.1, -0.05) is 78.9 Å².